The minimum absolute atomic E-state index is 0.0865. The predicted molar refractivity (Wildman–Crippen MR) is 107 cm³/mol. The second-order valence-corrected chi connectivity index (χ2v) is 7.31. The molecule has 5 rings (SSSR count). The van der Waals surface area contributed by atoms with Gasteiger partial charge >= 0.3 is 0 Å². The van der Waals surface area contributed by atoms with E-state index >= 15 is 0 Å². The Labute approximate surface area is 169 Å². The number of fused-ring (bicyclic) bond motifs is 2. The van der Waals surface area contributed by atoms with Gasteiger partial charge in [0.1, 0.15) is 22.9 Å². The maximum absolute atomic E-state index is 13.5. The zero-order valence-electron chi connectivity index (χ0n) is 15.7. The predicted octanol–water partition coefficient (Wildman–Crippen LogP) is 1.79. The molecule has 0 radical (unpaired) electrons. The summed E-state index contributed by atoms with van der Waals surface area (Å²) in [7, 11) is 0. The van der Waals surface area contributed by atoms with Crippen LogP contribution in [0.2, 0.25) is 0 Å². The molecule has 0 amide bonds. The Kier molecular flexibility index (Phi) is 4.13. The van der Waals surface area contributed by atoms with Crippen LogP contribution in [0.1, 0.15) is 30.5 Å². The molecular formula is C21H15FN6O2. The van der Waals surface area contributed by atoms with Crippen LogP contribution in [0.3, 0.4) is 0 Å². The molecule has 1 fully saturated rings. The van der Waals surface area contributed by atoms with E-state index in [0.717, 1.165) is 17.5 Å². The van der Waals surface area contributed by atoms with E-state index in [-0.39, 0.29) is 34.7 Å². The van der Waals surface area contributed by atoms with Crippen molar-refractivity contribution >= 4 is 21.8 Å². The molecule has 1 unspecified atom stereocenters. The zero-order valence-corrected chi connectivity index (χ0v) is 15.7. The van der Waals surface area contributed by atoms with Gasteiger partial charge in [-0.25, -0.2) is 9.07 Å². The summed E-state index contributed by atoms with van der Waals surface area (Å²) in [6.45, 7) is 0. The van der Waals surface area contributed by atoms with Crippen LogP contribution in [-0.4, -0.2) is 30.0 Å². The lowest BCUT2D eigenvalue weighted by Gasteiger charge is -2.13. The van der Waals surface area contributed by atoms with Crippen LogP contribution in [0, 0.1) is 18.2 Å². The number of hydrogen-bond donors (Lipinski definition) is 0. The Balaban J connectivity index is 1.61. The van der Waals surface area contributed by atoms with Gasteiger partial charge in [0.05, 0.1) is 16.8 Å². The number of terminal acetylenes is 1. The highest BCUT2D eigenvalue weighted by Crippen LogP contribution is 2.32. The number of halogens is 1. The fraction of sp³-hybridized carbons (Fsp3) is 0.238. The molecule has 1 aliphatic carbocycles. The molecule has 0 spiro atoms. The minimum Gasteiger partial charge on any atom is -0.267 e. The van der Waals surface area contributed by atoms with Gasteiger partial charge in [-0.15, -0.1) is 16.6 Å². The molecule has 2 aromatic carbocycles. The molecule has 1 atom stereocenters. The highest BCUT2D eigenvalue weighted by atomic mass is 19.1. The van der Waals surface area contributed by atoms with Gasteiger partial charge in [-0.2, -0.15) is 4.68 Å². The SMILES string of the molecule is C#CC(Cc1cccc(F)c1)n1nnc2cc3c(=O)n(C4CC4)nnc3cc2c1=O. The normalized spacial score (nSPS) is 14.7. The summed E-state index contributed by atoms with van der Waals surface area (Å²) in [6.07, 6.45) is 7.64. The van der Waals surface area contributed by atoms with Crippen molar-refractivity contribution in [3.63, 3.8) is 0 Å². The molecule has 1 saturated carbocycles. The van der Waals surface area contributed by atoms with Crippen molar-refractivity contribution < 1.29 is 4.39 Å². The van der Waals surface area contributed by atoms with Gasteiger partial charge in [0.25, 0.3) is 11.1 Å². The lowest BCUT2D eigenvalue weighted by atomic mass is 10.1. The second kappa shape index (κ2) is 6.84. The van der Waals surface area contributed by atoms with Gasteiger partial charge in [-0.3, -0.25) is 9.59 Å². The lowest BCUT2D eigenvalue weighted by Crippen LogP contribution is -2.29. The Morgan fingerprint density at radius 1 is 1.07 bits per heavy atom. The van der Waals surface area contributed by atoms with E-state index in [1.165, 1.54) is 28.9 Å². The Bertz CT molecular complexity index is 1460. The van der Waals surface area contributed by atoms with Crippen LogP contribution in [-0.2, 0) is 6.42 Å². The van der Waals surface area contributed by atoms with E-state index < -0.39 is 11.6 Å². The number of benzene rings is 2. The zero-order chi connectivity index (χ0) is 20.8. The summed E-state index contributed by atoms with van der Waals surface area (Å²) in [5.41, 5.74) is 0.496. The van der Waals surface area contributed by atoms with Gasteiger partial charge in [0.2, 0.25) is 0 Å². The summed E-state index contributed by atoms with van der Waals surface area (Å²) in [6, 6.07) is 8.32. The fourth-order valence-corrected chi connectivity index (χ4v) is 3.47. The number of nitrogens with zero attached hydrogens (tertiary/aromatic N) is 6. The van der Waals surface area contributed by atoms with Crippen molar-refractivity contribution in [2.75, 3.05) is 0 Å². The highest BCUT2D eigenvalue weighted by Gasteiger charge is 2.27. The van der Waals surface area contributed by atoms with Crippen molar-refractivity contribution in [2.45, 2.75) is 31.3 Å². The van der Waals surface area contributed by atoms with Crippen LogP contribution < -0.4 is 11.1 Å². The van der Waals surface area contributed by atoms with Crippen molar-refractivity contribution in [1.29, 1.82) is 0 Å². The molecule has 9 heteroatoms. The largest absolute Gasteiger partial charge is 0.278 e. The number of hydrogen-bond acceptors (Lipinski definition) is 6. The third-order valence-electron chi connectivity index (χ3n) is 5.19. The van der Waals surface area contributed by atoms with E-state index in [2.05, 4.69) is 26.5 Å². The van der Waals surface area contributed by atoms with E-state index in [4.69, 9.17) is 6.42 Å². The lowest BCUT2D eigenvalue weighted by molar-refractivity contribution is 0.498. The second-order valence-electron chi connectivity index (χ2n) is 7.31. The molecule has 0 saturated heterocycles. The van der Waals surface area contributed by atoms with Gasteiger partial charge in [-0.1, -0.05) is 28.5 Å². The summed E-state index contributed by atoms with van der Waals surface area (Å²) < 4.78 is 16.0. The van der Waals surface area contributed by atoms with Crippen LogP contribution in [0.25, 0.3) is 21.8 Å². The molecule has 0 N–H and O–H groups in total. The highest BCUT2D eigenvalue weighted by molar-refractivity contribution is 5.93. The first-order valence-corrected chi connectivity index (χ1v) is 9.44. The summed E-state index contributed by atoms with van der Waals surface area (Å²) >= 11 is 0. The van der Waals surface area contributed by atoms with Crippen LogP contribution in [0.5, 0.6) is 0 Å². The van der Waals surface area contributed by atoms with Gasteiger partial charge in [-0.05, 0) is 42.7 Å². The molecule has 0 bridgehead atoms. The summed E-state index contributed by atoms with van der Waals surface area (Å²) in [5.74, 6) is 2.13. The Morgan fingerprint density at radius 2 is 1.77 bits per heavy atom. The number of rotatable bonds is 4. The topological polar surface area (TPSA) is 95.6 Å². The molecule has 8 nitrogen and oxygen atoms in total. The molecule has 30 heavy (non-hydrogen) atoms. The van der Waals surface area contributed by atoms with E-state index in [9.17, 15) is 14.0 Å². The van der Waals surface area contributed by atoms with E-state index in [1.807, 2.05) is 0 Å². The molecule has 2 heterocycles. The molecule has 0 aliphatic heterocycles. The first-order valence-electron chi connectivity index (χ1n) is 9.44. The van der Waals surface area contributed by atoms with Crippen LogP contribution in [0.15, 0.2) is 46.0 Å². The summed E-state index contributed by atoms with van der Waals surface area (Å²) in [5, 5.41) is 16.7. The van der Waals surface area contributed by atoms with Gasteiger partial charge < -0.3 is 0 Å². The Hall–Kier alpha value is -3.93. The first kappa shape index (κ1) is 18.1. The Morgan fingerprint density at radius 3 is 2.43 bits per heavy atom. The fourth-order valence-electron chi connectivity index (χ4n) is 3.47. The van der Waals surface area contributed by atoms with Gasteiger partial charge in [0.15, 0.2) is 0 Å². The quantitative estimate of drug-likeness (QED) is 0.382. The molecule has 4 aromatic rings. The third-order valence-corrected chi connectivity index (χ3v) is 5.19. The molecule has 148 valence electrons. The maximum atomic E-state index is 13.5. The average molecular weight is 402 g/mol. The average Bonchev–Trinajstić information content (AvgIpc) is 3.58. The smallest absolute Gasteiger partial charge is 0.267 e. The monoisotopic (exact) mass is 402 g/mol. The third kappa shape index (κ3) is 3.03. The van der Waals surface area contributed by atoms with Crippen LogP contribution >= 0.6 is 0 Å². The first-order chi connectivity index (χ1) is 14.5. The van der Waals surface area contributed by atoms with Crippen molar-refractivity contribution in [3.05, 3.63) is 68.5 Å². The minimum atomic E-state index is -0.749. The summed E-state index contributed by atoms with van der Waals surface area (Å²) in [4.78, 5) is 25.7. The number of aromatic nitrogens is 6. The molecular weight excluding hydrogens is 387 g/mol. The van der Waals surface area contributed by atoms with Gasteiger partial charge in [0, 0.05) is 6.42 Å². The van der Waals surface area contributed by atoms with E-state index in [1.54, 1.807) is 12.1 Å². The maximum Gasteiger partial charge on any atom is 0.278 e. The van der Waals surface area contributed by atoms with Crippen molar-refractivity contribution in [1.82, 2.24) is 30.0 Å². The molecule has 2 aromatic heterocycles. The standard InChI is InChI=1S/C21H15FN6O2/c1-2-14(9-12-4-3-5-13(22)8-12)27-20(29)16-10-19-17(11-18(16)23-25-27)21(30)28(26-24-19)15-6-7-15/h1,3-5,8,10-11,14-15H,6-7,9H2. The van der Waals surface area contributed by atoms with Crippen molar-refractivity contribution in [3.8, 4) is 12.3 Å². The molecule has 1 aliphatic rings. The van der Waals surface area contributed by atoms with E-state index in [0.29, 0.717) is 16.5 Å². The van der Waals surface area contributed by atoms with Crippen molar-refractivity contribution in [2.24, 2.45) is 0 Å². The van der Waals surface area contributed by atoms with Crippen LogP contribution in [0.4, 0.5) is 4.39 Å².